The van der Waals surface area contributed by atoms with Crippen LogP contribution in [0.25, 0.3) is 0 Å². The van der Waals surface area contributed by atoms with Crippen molar-refractivity contribution in [2.24, 2.45) is 11.8 Å². The molecular weight excluding hydrogens is 359 g/mol. The number of amides is 2. The van der Waals surface area contributed by atoms with Crippen LogP contribution in [0.4, 0.5) is 10.1 Å². The van der Waals surface area contributed by atoms with Crippen LogP contribution in [0.3, 0.4) is 0 Å². The van der Waals surface area contributed by atoms with Crippen LogP contribution in [-0.4, -0.2) is 18.9 Å². The topological polar surface area (TPSA) is 67.4 Å². The van der Waals surface area contributed by atoms with Crippen LogP contribution in [0.5, 0.6) is 5.75 Å². The van der Waals surface area contributed by atoms with Crippen molar-refractivity contribution in [3.63, 3.8) is 0 Å². The van der Waals surface area contributed by atoms with Crippen molar-refractivity contribution in [3.05, 3.63) is 58.9 Å². The van der Waals surface area contributed by atoms with Gasteiger partial charge in [-0.3, -0.25) is 9.59 Å². The summed E-state index contributed by atoms with van der Waals surface area (Å²) in [6.45, 7) is 0.0957. The zero-order chi connectivity index (χ0) is 18.7. The number of nitrogens with one attached hydrogen (secondary N) is 2. The molecule has 0 spiro atoms. The third-order valence-corrected chi connectivity index (χ3v) is 4.53. The largest absolute Gasteiger partial charge is 0.495 e. The Hall–Kier alpha value is -2.60. The summed E-state index contributed by atoms with van der Waals surface area (Å²) in [5.74, 6) is -1.23. The van der Waals surface area contributed by atoms with Gasteiger partial charge in [-0.15, -0.1) is 0 Å². The predicted octanol–water partition coefficient (Wildman–Crippen LogP) is 3.38. The van der Waals surface area contributed by atoms with Crippen molar-refractivity contribution in [1.29, 1.82) is 0 Å². The number of carbonyl (C=O) groups is 2. The van der Waals surface area contributed by atoms with E-state index in [0.717, 1.165) is 0 Å². The van der Waals surface area contributed by atoms with Crippen molar-refractivity contribution in [2.75, 3.05) is 12.4 Å². The van der Waals surface area contributed by atoms with E-state index in [1.807, 2.05) is 0 Å². The van der Waals surface area contributed by atoms with Crippen molar-refractivity contribution >= 4 is 29.1 Å². The van der Waals surface area contributed by atoms with Crippen LogP contribution in [0, 0.1) is 17.7 Å². The van der Waals surface area contributed by atoms with E-state index in [4.69, 9.17) is 16.3 Å². The number of hydrogen-bond donors (Lipinski definition) is 2. The molecule has 1 aliphatic rings. The third-order valence-electron chi connectivity index (χ3n) is 4.29. The summed E-state index contributed by atoms with van der Waals surface area (Å²) in [7, 11) is 1.50. The predicted molar refractivity (Wildman–Crippen MR) is 96.5 cm³/mol. The van der Waals surface area contributed by atoms with Gasteiger partial charge in [0.2, 0.25) is 11.8 Å². The van der Waals surface area contributed by atoms with Crippen molar-refractivity contribution in [3.8, 4) is 5.75 Å². The van der Waals surface area contributed by atoms with Crippen LogP contribution >= 0.6 is 11.6 Å². The molecule has 0 bridgehead atoms. The van der Waals surface area contributed by atoms with Gasteiger partial charge in [0.1, 0.15) is 11.6 Å². The molecule has 0 saturated heterocycles. The van der Waals surface area contributed by atoms with Gasteiger partial charge >= 0.3 is 0 Å². The minimum Gasteiger partial charge on any atom is -0.495 e. The lowest BCUT2D eigenvalue weighted by atomic mass is 10.2. The van der Waals surface area contributed by atoms with E-state index in [-0.39, 0.29) is 24.2 Å². The first kappa shape index (κ1) is 18.2. The number of ether oxygens (including phenoxy) is 1. The molecule has 136 valence electrons. The quantitative estimate of drug-likeness (QED) is 0.812. The molecule has 2 atom stereocenters. The number of benzene rings is 2. The van der Waals surface area contributed by atoms with E-state index in [1.165, 1.54) is 13.2 Å². The summed E-state index contributed by atoms with van der Waals surface area (Å²) in [4.78, 5) is 24.5. The van der Waals surface area contributed by atoms with Crippen LogP contribution in [0.15, 0.2) is 42.5 Å². The third kappa shape index (κ3) is 4.14. The van der Waals surface area contributed by atoms with Gasteiger partial charge in [0.25, 0.3) is 0 Å². The maximum Gasteiger partial charge on any atom is 0.228 e. The average molecular weight is 377 g/mol. The fraction of sp³-hybridized carbons (Fsp3) is 0.263. The first-order valence-electron chi connectivity index (χ1n) is 8.15. The molecular formula is C19H18ClFN2O3. The lowest BCUT2D eigenvalue weighted by Crippen LogP contribution is -2.27. The molecule has 1 saturated carbocycles. The summed E-state index contributed by atoms with van der Waals surface area (Å²) >= 11 is 5.94. The summed E-state index contributed by atoms with van der Waals surface area (Å²) < 4.78 is 18.8. The molecule has 7 heteroatoms. The second kappa shape index (κ2) is 7.74. The molecule has 0 heterocycles. The Labute approximate surface area is 155 Å². The van der Waals surface area contributed by atoms with Crippen LogP contribution in [0.1, 0.15) is 12.0 Å². The highest BCUT2D eigenvalue weighted by atomic mass is 35.5. The van der Waals surface area contributed by atoms with E-state index in [0.29, 0.717) is 28.4 Å². The molecule has 2 N–H and O–H groups in total. The van der Waals surface area contributed by atoms with Crippen LogP contribution in [0.2, 0.25) is 5.02 Å². The van der Waals surface area contributed by atoms with Gasteiger partial charge in [-0.1, -0.05) is 29.8 Å². The molecule has 1 aliphatic carbocycles. The first-order chi connectivity index (χ1) is 12.5. The molecule has 0 radical (unpaired) electrons. The molecule has 2 unspecified atom stereocenters. The van der Waals surface area contributed by atoms with Gasteiger partial charge in [-0.05, 0) is 30.7 Å². The molecule has 5 nitrogen and oxygen atoms in total. The number of hydrogen-bond acceptors (Lipinski definition) is 3. The SMILES string of the molecule is COc1ccc(Cl)cc1NC(=O)C1CC1C(=O)NCc1ccccc1F. The van der Waals surface area contributed by atoms with E-state index in [9.17, 15) is 14.0 Å². The van der Waals surface area contributed by atoms with E-state index in [1.54, 1.807) is 36.4 Å². The molecule has 0 aromatic heterocycles. The Balaban J connectivity index is 1.55. The second-order valence-electron chi connectivity index (χ2n) is 6.09. The normalized spacial score (nSPS) is 18.1. The summed E-state index contributed by atoms with van der Waals surface area (Å²) in [5, 5.41) is 5.89. The van der Waals surface area contributed by atoms with Gasteiger partial charge in [-0.25, -0.2) is 4.39 Å². The number of halogens is 2. The molecule has 26 heavy (non-hydrogen) atoms. The van der Waals surface area contributed by atoms with Gasteiger partial charge < -0.3 is 15.4 Å². The minimum absolute atomic E-state index is 0.0957. The Morgan fingerprint density at radius 1 is 1.19 bits per heavy atom. The maximum absolute atomic E-state index is 13.6. The lowest BCUT2D eigenvalue weighted by molar-refractivity contribution is -0.125. The Morgan fingerprint density at radius 2 is 1.92 bits per heavy atom. The zero-order valence-electron chi connectivity index (χ0n) is 14.1. The highest BCUT2D eigenvalue weighted by molar-refractivity contribution is 6.31. The first-order valence-corrected chi connectivity index (χ1v) is 8.53. The smallest absolute Gasteiger partial charge is 0.228 e. The van der Waals surface area contributed by atoms with E-state index < -0.39 is 11.8 Å². The van der Waals surface area contributed by atoms with Gasteiger partial charge in [0, 0.05) is 17.1 Å². The average Bonchev–Trinajstić information content (AvgIpc) is 3.42. The molecule has 1 fully saturated rings. The van der Waals surface area contributed by atoms with Crippen LogP contribution in [-0.2, 0) is 16.1 Å². The van der Waals surface area contributed by atoms with Crippen molar-refractivity contribution in [2.45, 2.75) is 13.0 Å². The minimum atomic E-state index is -0.417. The standard InChI is InChI=1S/C19H18ClFN2O3/c1-26-17-7-6-12(20)8-16(17)23-19(25)14-9-13(14)18(24)22-10-11-4-2-3-5-15(11)21/h2-8,13-14H,9-10H2,1H3,(H,22,24)(H,23,25). The monoisotopic (exact) mass is 376 g/mol. The van der Waals surface area contributed by atoms with E-state index in [2.05, 4.69) is 10.6 Å². The summed E-state index contributed by atoms with van der Waals surface area (Å²) in [5.41, 5.74) is 0.869. The number of anilines is 1. The number of methoxy groups -OCH3 is 1. The maximum atomic E-state index is 13.6. The highest BCUT2D eigenvalue weighted by Gasteiger charge is 2.48. The van der Waals surface area contributed by atoms with Crippen LogP contribution < -0.4 is 15.4 Å². The molecule has 2 amide bonds. The lowest BCUT2D eigenvalue weighted by Gasteiger charge is -2.10. The molecule has 2 aromatic rings. The number of rotatable bonds is 6. The Bertz CT molecular complexity index is 843. The molecule has 3 rings (SSSR count). The van der Waals surface area contributed by atoms with Gasteiger partial charge in [0.15, 0.2) is 0 Å². The van der Waals surface area contributed by atoms with Crippen molar-refractivity contribution < 1.29 is 18.7 Å². The fourth-order valence-corrected chi connectivity index (χ4v) is 2.91. The Kier molecular flexibility index (Phi) is 5.42. The van der Waals surface area contributed by atoms with Gasteiger partial charge in [0.05, 0.1) is 24.6 Å². The molecule has 2 aromatic carbocycles. The summed E-state index contributed by atoms with van der Waals surface area (Å²) in [6.07, 6.45) is 0.456. The van der Waals surface area contributed by atoms with E-state index >= 15 is 0 Å². The van der Waals surface area contributed by atoms with Gasteiger partial charge in [-0.2, -0.15) is 0 Å². The molecule has 0 aliphatic heterocycles. The summed E-state index contributed by atoms with van der Waals surface area (Å²) in [6, 6.07) is 11.2. The Morgan fingerprint density at radius 3 is 2.65 bits per heavy atom. The number of carbonyl (C=O) groups excluding carboxylic acids is 2. The fourth-order valence-electron chi connectivity index (χ4n) is 2.73. The zero-order valence-corrected chi connectivity index (χ0v) is 14.8. The van der Waals surface area contributed by atoms with Crippen molar-refractivity contribution in [1.82, 2.24) is 5.32 Å². The highest BCUT2D eigenvalue weighted by Crippen LogP contribution is 2.40. The second-order valence-corrected chi connectivity index (χ2v) is 6.53.